The summed E-state index contributed by atoms with van der Waals surface area (Å²) in [6, 6.07) is 6.63. The fraction of sp³-hybridized carbons (Fsp3) is 0.500. The Labute approximate surface area is 90.6 Å². The van der Waals surface area contributed by atoms with Crippen molar-refractivity contribution in [3.8, 4) is 5.75 Å². The van der Waals surface area contributed by atoms with Gasteiger partial charge in [0.2, 0.25) is 0 Å². The Morgan fingerprint density at radius 3 is 3.13 bits per heavy atom. The molecule has 0 bridgehead atoms. The molecule has 3 N–H and O–H groups in total. The molecule has 3 nitrogen and oxygen atoms in total. The van der Waals surface area contributed by atoms with Crippen LogP contribution in [-0.2, 0) is 6.42 Å². The zero-order valence-electron chi connectivity index (χ0n) is 9.12. The lowest BCUT2D eigenvalue weighted by atomic mass is 10.0. The lowest BCUT2D eigenvalue weighted by Crippen LogP contribution is -2.27. The number of hydrogen-bond acceptors (Lipinski definition) is 3. The summed E-state index contributed by atoms with van der Waals surface area (Å²) in [5, 5.41) is 3.37. The first-order chi connectivity index (χ1) is 7.35. The second-order valence-corrected chi connectivity index (χ2v) is 3.81. The predicted molar refractivity (Wildman–Crippen MR) is 61.1 cm³/mol. The summed E-state index contributed by atoms with van der Waals surface area (Å²) in [6.45, 7) is 4.48. The molecular weight excluding hydrogens is 188 g/mol. The molecule has 0 radical (unpaired) electrons. The largest absolute Gasteiger partial charge is 0.493 e. The molecule has 0 spiro atoms. The topological polar surface area (TPSA) is 47.3 Å². The molecule has 2 rings (SSSR count). The highest BCUT2D eigenvalue weighted by Gasteiger charge is 2.15. The van der Waals surface area contributed by atoms with Crippen LogP contribution in [0.5, 0.6) is 5.75 Å². The molecule has 1 aromatic rings. The third kappa shape index (κ3) is 2.13. The van der Waals surface area contributed by atoms with Gasteiger partial charge < -0.3 is 15.8 Å². The van der Waals surface area contributed by atoms with Gasteiger partial charge >= 0.3 is 0 Å². The Morgan fingerprint density at radius 1 is 1.53 bits per heavy atom. The highest BCUT2D eigenvalue weighted by Crippen LogP contribution is 2.27. The Morgan fingerprint density at radius 2 is 2.40 bits per heavy atom. The summed E-state index contributed by atoms with van der Waals surface area (Å²) in [4.78, 5) is 0. The van der Waals surface area contributed by atoms with Gasteiger partial charge in [0.1, 0.15) is 5.75 Å². The first-order valence-corrected chi connectivity index (χ1v) is 5.54. The van der Waals surface area contributed by atoms with E-state index in [0.717, 1.165) is 25.3 Å². The van der Waals surface area contributed by atoms with Crippen LogP contribution in [0.25, 0.3) is 0 Å². The van der Waals surface area contributed by atoms with Crippen LogP contribution in [0.2, 0.25) is 0 Å². The minimum atomic E-state index is 0.265. The molecule has 0 saturated heterocycles. The quantitative estimate of drug-likeness (QED) is 0.779. The number of ether oxygens (including phenoxy) is 1. The van der Waals surface area contributed by atoms with Crippen molar-refractivity contribution in [2.24, 2.45) is 5.73 Å². The SMILES string of the molecule is CCNC(CN)c1ccc2c(c1)CCO2. The van der Waals surface area contributed by atoms with Gasteiger partial charge in [0.15, 0.2) is 0 Å². The minimum Gasteiger partial charge on any atom is -0.493 e. The molecule has 1 aromatic carbocycles. The van der Waals surface area contributed by atoms with Crippen molar-refractivity contribution in [3.63, 3.8) is 0 Å². The lowest BCUT2D eigenvalue weighted by molar-refractivity contribution is 0.356. The fourth-order valence-corrected chi connectivity index (χ4v) is 2.01. The summed E-state index contributed by atoms with van der Waals surface area (Å²) in [5.41, 5.74) is 8.32. The van der Waals surface area contributed by atoms with Crippen LogP contribution in [0, 0.1) is 0 Å². The van der Waals surface area contributed by atoms with Crippen LogP contribution in [0.15, 0.2) is 18.2 Å². The van der Waals surface area contributed by atoms with E-state index in [0.29, 0.717) is 6.54 Å². The van der Waals surface area contributed by atoms with Crippen molar-refractivity contribution in [1.82, 2.24) is 5.32 Å². The van der Waals surface area contributed by atoms with E-state index in [4.69, 9.17) is 10.5 Å². The van der Waals surface area contributed by atoms with Crippen molar-refractivity contribution < 1.29 is 4.74 Å². The summed E-state index contributed by atoms with van der Waals surface area (Å²) in [6.07, 6.45) is 1.02. The van der Waals surface area contributed by atoms with E-state index in [1.807, 2.05) is 0 Å². The van der Waals surface area contributed by atoms with Gasteiger partial charge in [-0.05, 0) is 23.7 Å². The zero-order valence-corrected chi connectivity index (χ0v) is 9.12. The minimum absolute atomic E-state index is 0.265. The van der Waals surface area contributed by atoms with Crippen LogP contribution in [0.1, 0.15) is 24.1 Å². The summed E-state index contributed by atoms with van der Waals surface area (Å²) in [5.74, 6) is 1.03. The van der Waals surface area contributed by atoms with Gasteiger partial charge in [-0.15, -0.1) is 0 Å². The van der Waals surface area contributed by atoms with Gasteiger partial charge in [-0.25, -0.2) is 0 Å². The maximum Gasteiger partial charge on any atom is 0.122 e. The van der Waals surface area contributed by atoms with Crippen molar-refractivity contribution >= 4 is 0 Å². The second-order valence-electron chi connectivity index (χ2n) is 3.81. The van der Waals surface area contributed by atoms with Gasteiger partial charge in [0.25, 0.3) is 0 Å². The molecule has 1 atom stereocenters. The molecule has 15 heavy (non-hydrogen) atoms. The Bertz CT molecular complexity index is 338. The van der Waals surface area contributed by atoms with E-state index in [-0.39, 0.29) is 6.04 Å². The molecule has 1 aliphatic heterocycles. The van der Waals surface area contributed by atoms with Crippen molar-refractivity contribution in [2.75, 3.05) is 19.7 Å². The number of fused-ring (bicyclic) bond motifs is 1. The van der Waals surface area contributed by atoms with Gasteiger partial charge in [0, 0.05) is 19.0 Å². The van der Waals surface area contributed by atoms with E-state index >= 15 is 0 Å². The zero-order chi connectivity index (χ0) is 10.7. The third-order valence-corrected chi connectivity index (χ3v) is 2.80. The first-order valence-electron chi connectivity index (χ1n) is 5.54. The molecule has 1 heterocycles. The molecule has 0 saturated carbocycles. The highest BCUT2D eigenvalue weighted by atomic mass is 16.5. The van der Waals surface area contributed by atoms with E-state index in [2.05, 4.69) is 30.4 Å². The molecule has 1 unspecified atom stereocenters. The molecule has 0 aliphatic carbocycles. The van der Waals surface area contributed by atoms with E-state index < -0.39 is 0 Å². The van der Waals surface area contributed by atoms with E-state index in [9.17, 15) is 0 Å². The number of nitrogens with two attached hydrogens (primary N) is 1. The fourth-order valence-electron chi connectivity index (χ4n) is 2.01. The lowest BCUT2D eigenvalue weighted by Gasteiger charge is -2.16. The van der Waals surface area contributed by atoms with Crippen LogP contribution in [0.3, 0.4) is 0 Å². The highest BCUT2D eigenvalue weighted by molar-refractivity contribution is 5.40. The average molecular weight is 206 g/mol. The summed E-state index contributed by atoms with van der Waals surface area (Å²) < 4.78 is 5.48. The maximum atomic E-state index is 5.74. The van der Waals surface area contributed by atoms with Gasteiger partial charge in [-0.2, -0.15) is 0 Å². The molecule has 0 fully saturated rings. The number of hydrogen-bond donors (Lipinski definition) is 2. The number of benzene rings is 1. The van der Waals surface area contributed by atoms with Crippen molar-refractivity contribution in [3.05, 3.63) is 29.3 Å². The Kier molecular flexibility index (Phi) is 3.23. The Hall–Kier alpha value is -1.06. The number of nitrogens with one attached hydrogen (secondary N) is 1. The monoisotopic (exact) mass is 206 g/mol. The third-order valence-electron chi connectivity index (χ3n) is 2.80. The normalized spacial score (nSPS) is 15.9. The molecule has 0 amide bonds. The second kappa shape index (κ2) is 4.64. The molecular formula is C12H18N2O. The molecule has 0 aromatic heterocycles. The predicted octanol–water partition coefficient (Wildman–Crippen LogP) is 1.23. The van der Waals surface area contributed by atoms with E-state index in [1.54, 1.807) is 0 Å². The Balaban J connectivity index is 2.20. The van der Waals surface area contributed by atoms with E-state index in [1.165, 1.54) is 11.1 Å². The number of likely N-dealkylation sites (N-methyl/N-ethyl adjacent to an activating group) is 1. The van der Waals surface area contributed by atoms with Crippen molar-refractivity contribution in [2.45, 2.75) is 19.4 Å². The molecule has 3 heteroatoms. The molecule has 82 valence electrons. The van der Waals surface area contributed by atoms with Crippen LogP contribution >= 0.6 is 0 Å². The maximum absolute atomic E-state index is 5.74. The molecule has 1 aliphatic rings. The smallest absolute Gasteiger partial charge is 0.122 e. The van der Waals surface area contributed by atoms with Gasteiger partial charge in [-0.1, -0.05) is 19.1 Å². The van der Waals surface area contributed by atoms with Gasteiger partial charge in [0.05, 0.1) is 6.61 Å². The van der Waals surface area contributed by atoms with Crippen molar-refractivity contribution in [1.29, 1.82) is 0 Å². The first kappa shape index (κ1) is 10.5. The summed E-state index contributed by atoms with van der Waals surface area (Å²) in [7, 11) is 0. The van der Waals surface area contributed by atoms with Crippen LogP contribution in [0.4, 0.5) is 0 Å². The number of rotatable bonds is 4. The average Bonchev–Trinajstić information content (AvgIpc) is 2.72. The van der Waals surface area contributed by atoms with Crippen LogP contribution < -0.4 is 15.8 Å². The van der Waals surface area contributed by atoms with Gasteiger partial charge in [-0.3, -0.25) is 0 Å². The standard InChI is InChI=1S/C12H18N2O/c1-2-14-11(8-13)9-3-4-12-10(7-9)5-6-15-12/h3-4,7,11,14H,2,5-6,8,13H2,1H3. The van der Waals surface area contributed by atoms with Crippen LogP contribution in [-0.4, -0.2) is 19.7 Å². The summed E-state index contributed by atoms with van der Waals surface area (Å²) >= 11 is 0.